The van der Waals surface area contributed by atoms with Crippen molar-refractivity contribution >= 4 is 12.0 Å². The highest BCUT2D eigenvalue weighted by atomic mass is 16.5. The minimum Gasteiger partial charge on any atom is -0.496 e. The fraction of sp³-hybridized carbons (Fsp3) is 0.462. The number of hydrogen-bond acceptors (Lipinski definition) is 4. The maximum Gasteiger partial charge on any atom is 0.225 e. The molecule has 5 heteroatoms. The van der Waals surface area contributed by atoms with Gasteiger partial charge in [-0.15, -0.1) is 0 Å². The van der Waals surface area contributed by atoms with Crippen LogP contribution in [0.3, 0.4) is 0 Å². The number of likely N-dealkylation sites (tertiary alicyclic amines) is 1. The number of para-hydroxylation sites is 1. The van der Waals surface area contributed by atoms with Crippen molar-refractivity contribution in [1.82, 2.24) is 15.2 Å². The van der Waals surface area contributed by atoms with Gasteiger partial charge in [0.2, 0.25) is 5.91 Å². The third-order valence-electron chi connectivity index (χ3n) is 5.79. The summed E-state index contributed by atoms with van der Waals surface area (Å²) in [4.78, 5) is 19.8. The fourth-order valence-corrected chi connectivity index (χ4v) is 4.01. The van der Waals surface area contributed by atoms with Crippen molar-refractivity contribution in [1.29, 1.82) is 0 Å². The fourth-order valence-electron chi connectivity index (χ4n) is 4.01. The lowest BCUT2D eigenvalue weighted by Crippen LogP contribution is -2.45. The smallest absolute Gasteiger partial charge is 0.225 e. The van der Waals surface area contributed by atoms with Gasteiger partial charge >= 0.3 is 0 Å². The van der Waals surface area contributed by atoms with Crippen molar-refractivity contribution < 1.29 is 9.53 Å². The number of methoxy groups -OCH3 is 1. The lowest BCUT2D eigenvalue weighted by molar-refractivity contribution is -0.129. The predicted octanol–water partition coefficient (Wildman–Crippen LogP) is 4.72. The summed E-state index contributed by atoms with van der Waals surface area (Å²) in [6.07, 6.45) is 8.33. The minimum absolute atomic E-state index is 0.0661. The van der Waals surface area contributed by atoms with Gasteiger partial charge in [0.25, 0.3) is 0 Å². The van der Waals surface area contributed by atoms with Crippen LogP contribution in [-0.2, 0) is 4.79 Å². The van der Waals surface area contributed by atoms with Crippen molar-refractivity contribution in [3.05, 3.63) is 66.0 Å². The molecule has 0 saturated carbocycles. The SMILES string of the molecule is COc1ccccc1/C=C/CN1CCC[C@H]([C@H](NC(=O)C(C)(C)C)c2ccccn2)C1. The zero-order valence-electron chi connectivity index (χ0n) is 19.2. The first kappa shape index (κ1) is 23.0. The highest BCUT2D eigenvalue weighted by Crippen LogP contribution is 2.30. The molecule has 1 N–H and O–H groups in total. The van der Waals surface area contributed by atoms with Crippen molar-refractivity contribution in [2.75, 3.05) is 26.7 Å². The average Bonchev–Trinajstić information content (AvgIpc) is 2.77. The Kier molecular flexibility index (Phi) is 7.85. The van der Waals surface area contributed by atoms with Crippen LogP contribution in [0.2, 0.25) is 0 Å². The molecule has 2 heterocycles. The summed E-state index contributed by atoms with van der Waals surface area (Å²) in [5, 5.41) is 3.30. The molecule has 1 fully saturated rings. The second kappa shape index (κ2) is 10.6. The number of aromatic nitrogens is 1. The molecule has 31 heavy (non-hydrogen) atoms. The van der Waals surface area contributed by atoms with Gasteiger partial charge < -0.3 is 10.1 Å². The molecule has 1 aromatic heterocycles. The molecule has 1 aliphatic heterocycles. The third kappa shape index (κ3) is 6.41. The molecule has 0 aliphatic carbocycles. The number of nitrogens with one attached hydrogen (secondary N) is 1. The Morgan fingerprint density at radius 3 is 2.74 bits per heavy atom. The topological polar surface area (TPSA) is 54.5 Å². The van der Waals surface area contributed by atoms with Crippen LogP contribution in [0.5, 0.6) is 5.75 Å². The van der Waals surface area contributed by atoms with Gasteiger partial charge in [-0.2, -0.15) is 0 Å². The van der Waals surface area contributed by atoms with Gasteiger partial charge in [0, 0.05) is 30.3 Å². The molecule has 0 unspecified atom stereocenters. The molecule has 1 saturated heterocycles. The first-order chi connectivity index (χ1) is 14.9. The number of ether oxygens (including phenoxy) is 1. The van der Waals surface area contributed by atoms with Crippen molar-refractivity contribution in [2.24, 2.45) is 11.3 Å². The summed E-state index contributed by atoms with van der Waals surface area (Å²) >= 11 is 0. The first-order valence-electron chi connectivity index (χ1n) is 11.1. The molecule has 1 aliphatic rings. The second-order valence-corrected chi connectivity index (χ2v) is 9.26. The number of benzene rings is 1. The Bertz CT molecular complexity index is 874. The predicted molar refractivity (Wildman–Crippen MR) is 126 cm³/mol. The van der Waals surface area contributed by atoms with E-state index in [1.54, 1.807) is 7.11 Å². The summed E-state index contributed by atoms with van der Waals surface area (Å²) in [6.45, 7) is 8.72. The molecule has 1 amide bonds. The normalized spacial score (nSPS) is 18.6. The van der Waals surface area contributed by atoms with Crippen LogP contribution in [-0.4, -0.2) is 42.5 Å². The molecular formula is C26H35N3O2. The number of hydrogen-bond donors (Lipinski definition) is 1. The van der Waals surface area contributed by atoms with Gasteiger partial charge in [0.15, 0.2) is 0 Å². The largest absolute Gasteiger partial charge is 0.496 e. The van der Waals surface area contributed by atoms with Crippen LogP contribution >= 0.6 is 0 Å². The van der Waals surface area contributed by atoms with Crippen molar-refractivity contribution in [2.45, 2.75) is 39.7 Å². The summed E-state index contributed by atoms with van der Waals surface area (Å²) in [5.74, 6) is 1.28. The zero-order chi connectivity index (χ0) is 22.3. The standard InChI is InChI=1S/C26H35N3O2/c1-26(2,3)25(30)28-24(22-14-7-8-16-27-22)21-13-10-18-29(19-21)17-9-12-20-11-5-6-15-23(20)31-4/h5-9,11-12,14-16,21,24H,10,13,17-19H2,1-4H3,(H,28,30)/b12-9+/t21-,24-/m0/s1. The maximum atomic E-state index is 12.8. The molecule has 166 valence electrons. The average molecular weight is 422 g/mol. The summed E-state index contributed by atoms with van der Waals surface area (Å²) in [7, 11) is 1.70. The minimum atomic E-state index is -0.432. The van der Waals surface area contributed by atoms with E-state index in [0.29, 0.717) is 5.92 Å². The number of nitrogens with zero attached hydrogens (tertiary/aromatic N) is 2. The van der Waals surface area contributed by atoms with E-state index in [2.05, 4.69) is 33.4 Å². The van der Waals surface area contributed by atoms with E-state index in [1.165, 1.54) is 0 Å². The van der Waals surface area contributed by atoms with E-state index < -0.39 is 5.41 Å². The monoisotopic (exact) mass is 421 g/mol. The molecule has 5 nitrogen and oxygen atoms in total. The Balaban J connectivity index is 1.69. The van der Waals surface area contributed by atoms with Gasteiger partial charge in [-0.25, -0.2) is 0 Å². The van der Waals surface area contributed by atoms with Crippen molar-refractivity contribution in [3.63, 3.8) is 0 Å². The molecule has 2 aromatic rings. The highest BCUT2D eigenvalue weighted by molar-refractivity contribution is 5.81. The van der Waals surface area contributed by atoms with Crippen LogP contribution in [0.15, 0.2) is 54.7 Å². The van der Waals surface area contributed by atoms with Crippen LogP contribution in [0.1, 0.15) is 50.9 Å². The van der Waals surface area contributed by atoms with Crippen molar-refractivity contribution in [3.8, 4) is 5.75 Å². The molecular weight excluding hydrogens is 386 g/mol. The highest BCUT2D eigenvalue weighted by Gasteiger charge is 2.32. The van der Waals surface area contributed by atoms with Gasteiger partial charge in [0.1, 0.15) is 5.75 Å². The van der Waals surface area contributed by atoms with Crippen LogP contribution in [0.25, 0.3) is 6.08 Å². The van der Waals surface area contributed by atoms with E-state index in [4.69, 9.17) is 4.74 Å². The van der Waals surface area contributed by atoms with E-state index in [9.17, 15) is 4.79 Å². The number of pyridine rings is 1. The number of carbonyl (C=O) groups excluding carboxylic acids is 1. The van der Waals surface area contributed by atoms with E-state index in [1.807, 2.05) is 63.4 Å². The lowest BCUT2D eigenvalue weighted by atomic mass is 9.86. The van der Waals surface area contributed by atoms with Gasteiger partial charge in [-0.05, 0) is 43.5 Å². The molecule has 1 aromatic carbocycles. The molecule has 2 atom stereocenters. The van der Waals surface area contributed by atoms with Gasteiger partial charge in [0.05, 0.1) is 18.8 Å². The van der Waals surface area contributed by atoms with Crippen LogP contribution in [0.4, 0.5) is 0 Å². The number of rotatable bonds is 7. The second-order valence-electron chi connectivity index (χ2n) is 9.26. The van der Waals surface area contributed by atoms with E-state index in [0.717, 1.165) is 49.5 Å². The number of amides is 1. The van der Waals surface area contributed by atoms with E-state index >= 15 is 0 Å². The lowest BCUT2D eigenvalue weighted by Gasteiger charge is -2.37. The van der Waals surface area contributed by atoms with E-state index in [-0.39, 0.29) is 11.9 Å². The van der Waals surface area contributed by atoms with Gasteiger partial charge in [-0.1, -0.05) is 57.2 Å². The summed E-state index contributed by atoms with van der Waals surface area (Å²) in [6, 6.07) is 13.9. The Morgan fingerprint density at radius 1 is 1.26 bits per heavy atom. The molecule has 0 bridgehead atoms. The van der Waals surface area contributed by atoms with Crippen LogP contribution in [0, 0.1) is 11.3 Å². The maximum absolute atomic E-state index is 12.8. The van der Waals surface area contributed by atoms with Gasteiger partial charge in [-0.3, -0.25) is 14.7 Å². The first-order valence-corrected chi connectivity index (χ1v) is 11.1. The zero-order valence-corrected chi connectivity index (χ0v) is 19.2. The summed E-state index contributed by atoms with van der Waals surface area (Å²) in [5.41, 5.74) is 1.60. The number of piperidine rings is 1. The number of carbonyl (C=O) groups is 1. The summed E-state index contributed by atoms with van der Waals surface area (Å²) < 4.78 is 5.44. The molecule has 3 rings (SSSR count). The Labute approximate surface area is 186 Å². The third-order valence-corrected chi connectivity index (χ3v) is 5.79. The van der Waals surface area contributed by atoms with Crippen LogP contribution < -0.4 is 10.1 Å². The quantitative estimate of drug-likeness (QED) is 0.703. The molecule has 0 radical (unpaired) electrons. The Morgan fingerprint density at radius 2 is 2.03 bits per heavy atom. The Hall–Kier alpha value is -2.66. The molecule has 0 spiro atoms.